The van der Waals surface area contributed by atoms with Gasteiger partial charge < -0.3 is 13.6 Å². The third-order valence-corrected chi connectivity index (χ3v) is 5.91. The van der Waals surface area contributed by atoms with Crippen molar-refractivity contribution in [2.75, 3.05) is 0 Å². The number of rotatable bonds is 7. The highest BCUT2D eigenvalue weighted by Gasteiger charge is 2.20. The number of hydrogen-bond donors (Lipinski definition) is 0. The number of hydrogen-bond acceptors (Lipinski definition) is 7. The fraction of sp³-hybridized carbons (Fsp3) is 0.0714. The molecule has 0 fully saturated rings. The fourth-order valence-corrected chi connectivity index (χ4v) is 4.02. The Balaban J connectivity index is 1.36. The number of nitriles is 1. The highest BCUT2D eigenvalue weighted by Crippen LogP contribution is 2.36. The van der Waals surface area contributed by atoms with Crippen LogP contribution in [0.3, 0.4) is 0 Å². The maximum absolute atomic E-state index is 15.4. The molecule has 0 atom stereocenters. The number of nitrogens with zero attached hydrogens (tertiary/aromatic N) is 4. The third kappa shape index (κ3) is 5.59. The topological polar surface area (TPSA) is 98.0 Å². The van der Waals surface area contributed by atoms with Gasteiger partial charge in [-0.15, -0.1) is 10.2 Å². The zero-order valence-electron chi connectivity index (χ0n) is 19.8. The Hall–Kier alpha value is -4.45. The molecule has 7 nitrogen and oxygen atoms in total. The molecule has 2 aromatic heterocycles. The van der Waals surface area contributed by atoms with Crippen molar-refractivity contribution < 1.29 is 18.0 Å². The fourth-order valence-electron chi connectivity index (χ4n) is 3.61. The first-order chi connectivity index (χ1) is 18.4. The van der Waals surface area contributed by atoms with Crippen LogP contribution in [0.5, 0.6) is 11.5 Å². The molecule has 0 amide bonds. The first kappa shape index (κ1) is 25.2. The zero-order valence-corrected chi connectivity index (χ0v) is 21.3. The zero-order chi connectivity index (χ0) is 26.6. The van der Waals surface area contributed by atoms with Crippen LogP contribution < -0.4 is 4.74 Å². The summed E-state index contributed by atoms with van der Waals surface area (Å²) in [7, 11) is 0. The van der Waals surface area contributed by atoms with E-state index in [1.165, 1.54) is 30.3 Å². The highest BCUT2D eigenvalue weighted by atomic mass is 35.5. The third-order valence-electron chi connectivity index (χ3n) is 5.39. The van der Waals surface area contributed by atoms with Crippen LogP contribution in [0, 0.1) is 24.1 Å². The predicted octanol–water partition coefficient (Wildman–Crippen LogP) is 7.90. The summed E-state index contributed by atoms with van der Waals surface area (Å²) in [5.74, 6) is 0.441. The van der Waals surface area contributed by atoms with Crippen molar-refractivity contribution in [1.82, 2.24) is 15.2 Å². The van der Waals surface area contributed by atoms with E-state index >= 15 is 4.39 Å². The van der Waals surface area contributed by atoms with Gasteiger partial charge in [-0.1, -0.05) is 59.6 Å². The Morgan fingerprint density at radius 1 is 1.03 bits per heavy atom. The van der Waals surface area contributed by atoms with E-state index in [0.717, 1.165) is 5.56 Å². The van der Waals surface area contributed by atoms with Crippen molar-refractivity contribution in [3.8, 4) is 29.2 Å². The van der Waals surface area contributed by atoms with Crippen LogP contribution in [-0.4, -0.2) is 15.2 Å². The second kappa shape index (κ2) is 10.9. The lowest BCUT2D eigenvalue weighted by molar-refractivity contribution is 0.437. The Morgan fingerprint density at radius 3 is 2.63 bits per heavy atom. The average Bonchev–Trinajstić information content (AvgIpc) is 3.53. The quantitative estimate of drug-likeness (QED) is 0.204. The van der Waals surface area contributed by atoms with Crippen molar-refractivity contribution in [1.29, 1.82) is 5.26 Å². The normalized spacial score (nSPS) is 11.1. The van der Waals surface area contributed by atoms with Crippen LogP contribution in [0.1, 0.15) is 34.2 Å². The van der Waals surface area contributed by atoms with E-state index in [2.05, 4.69) is 15.2 Å². The van der Waals surface area contributed by atoms with Gasteiger partial charge in [0.05, 0.1) is 23.1 Å². The summed E-state index contributed by atoms with van der Waals surface area (Å²) in [4.78, 5) is 4.43. The summed E-state index contributed by atoms with van der Waals surface area (Å²) in [6.45, 7) is 1.74. The number of ether oxygens (including phenoxy) is 1. The summed E-state index contributed by atoms with van der Waals surface area (Å²) in [6, 6.07) is 19.1. The summed E-state index contributed by atoms with van der Waals surface area (Å²) in [5, 5.41) is 17.5. The van der Waals surface area contributed by atoms with Crippen molar-refractivity contribution in [2.45, 2.75) is 13.3 Å². The second-order valence-corrected chi connectivity index (χ2v) is 8.96. The minimum atomic E-state index is -0.707. The van der Waals surface area contributed by atoms with E-state index in [4.69, 9.17) is 42.0 Å². The first-order valence-electron chi connectivity index (χ1n) is 11.3. The van der Waals surface area contributed by atoms with Crippen molar-refractivity contribution in [3.05, 3.63) is 111 Å². The van der Waals surface area contributed by atoms with Crippen molar-refractivity contribution in [3.63, 3.8) is 0 Å². The van der Waals surface area contributed by atoms with Crippen molar-refractivity contribution >= 4 is 35.4 Å². The molecule has 3 aromatic carbocycles. The minimum Gasteiger partial charge on any atom is -0.453 e. The maximum atomic E-state index is 15.4. The Morgan fingerprint density at radius 2 is 1.84 bits per heavy atom. The number of halogens is 3. The smallest absolute Gasteiger partial charge is 0.269 e. The van der Waals surface area contributed by atoms with Crippen LogP contribution in [0.2, 0.25) is 10.0 Å². The van der Waals surface area contributed by atoms with E-state index in [0.29, 0.717) is 17.3 Å². The molecule has 0 bridgehead atoms. The average molecular weight is 547 g/mol. The molecule has 188 valence electrons. The molecule has 0 saturated heterocycles. The number of aromatic nitrogens is 3. The van der Waals surface area contributed by atoms with Gasteiger partial charge in [0.2, 0.25) is 11.8 Å². The summed E-state index contributed by atoms with van der Waals surface area (Å²) < 4.78 is 32.5. The monoisotopic (exact) mass is 546 g/mol. The largest absolute Gasteiger partial charge is 0.453 e. The molecule has 0 aliphatic heterocycles. The summed E-state index contributed by atoms with van der Waals surface area (Å²) >= 11 is 12.2. The van der Waals surface area contributed by atoms with Gasteiger partial charge in [0.1, 0.15) is 11.5 Å². The Bertz CT molecular complexity index is 1690. The van der Waals surface area contributed by atoms with Gasteiger partial charge in [0.15, 0.2) is 17.3 Å². The molecule has 0 spiro atoms. The lowest BCUT2D eigenvalue weighted by Crippen LogP contribution is -1.98. The second-order valence-electron chi connectivity index (χ2n) is 8.12. The Labute approximate surface area is 226 Å². The highest BCUT2D eigenvalue weighted by molar-refractivity contribution is 6.32. The molecule has 10 heteroatoms. The molecule has 5 rings (SSSR count). The molecule has 38 heavy (non-hydrogen) atoms. The maximum Gasteiger partial charge on any atom is 0.269 e. The molecule has 0 unspecified atom stereocenters. The molecule has 2 heterocycles. The lowest BCUT2D eigenvalue weighted by atomic mass is 10.1. The van der Waals surface area contributed by atoms with E-state index in [9.17, 15) is 0 Å². The number of aryl methyl sites for hydroxylation is 1. The van der Waals surface area contributed by atoms with E-state index in [1.54, 1.807) is 13.0 Å². The molecule has 0 N–H and O–H groups in total. The van der Waals surface area contributed by atoms with Crippen LogP contribution >= 0.6 is 23.2 Å². The lowest BCUT2D eigenvalue weighted by Gasteiger charge is -2.11. The summed E-state index contributed by atoms with van der Waals surface area (Å²) in [6.07, 6.45) is 3.60. The van der Waals surface area contributed by atoms with Gasteiger partial charge in [-0.05, 0) is 42.8 Å². The van der Waals surface area contributed by atoms with Crippen LogP contribution in [0.25, 0.3) is 23.7 Å². The van der Waals surface area contributed by atoms with Crippen LogP contribution in [-0.2, 0) is 6.42 Å². The van der Waals surface area contributed by atoms with Gasteiger partial charge in [0.25, 0.3) is 5.89 Å². The predicted molar refractivity (Wildman–Crippen MR) is 140 cm³/mol. The van der Waals surface area contributed by atoms with Crippen molar-refractivity contribution in [2.24, 2.45) is 0 Å². The Kier molecular flexibility index (Phi) is 7.22. The van der Waals surface area contributed by atoms with E-state index < -0.39 is 5.82 Å². The number of benzene rings is 3. The van der Waals surface area contributed by atoms with Gasteiger partial charge in [-0.3, -0.25) is 0 Å². The molecular formula is C28H17Cl2FN4O3. The van der Waals surface area contributed by atoms with Crippen LogP contribution in [0.15, 0.2) is 69.5 Å². The standard InChI is InChI=1S/C28H17Cl2FN4O3/c1-16-26(33-23(36-16)10-7-17-5-3-2-4-6-17)28-35-34-24(38-28)13-19-8-9-22(30)27(25(19)31)37-21-12-18(15-32)11-20(29)14-21/h2-12,14H,13H2,1H3. The van der Waals surface area contributed by atoms with Gasteiger partial charge in [-0.2, -0.15) is 5.26 Å². The molecule has 5 aromatic rings. The molecule has 0 saturated carbocycles. The van der Waals surface area contributed by atoms with Gasteiger partial charge in [-0.25, -0.2) is 9.37 Å². The minimum absolute atomic E-state index is 0.0248. The molecular weight excluding hydrogens is 530 g/mol. The van der Waals surface area contributed by atoms with Crippen LogP contribution in [0.4, 0.5) is 4.39 Å². The summed E-state index contributed by atoms with van der Waals surface area (Å²) in [5.41, 5.74) is 1.87. The first-order valence-corrected chi connectivity index (χ1v) is 12.0. The van der Waals surface area contributed by atoms with E-state index in [1.807, 2.05) is 42.5 Å². The van der Waals surface area contributed by atoms with Gasteiger partial charge in [0, 0.05) is 16.7 Å². The molecule has 0 radical (unpaired) electrons. The number of oxazole rings is 1. The molecule has 0 aliphatic rings. The molecule has 0 aliphatic carbocycles. The van der Waals surface area contributed by atoms with Gasteiger partial charge >= 0.3 is 0 Å². The van der Waals surface area contributed by atoms with E-state index in [-0.39, 0.29) is 50.9 Å². The SMILES string of the molecule is Cc1oc(C=Cc2ccccc2)nc1-c1nnc(Cc2ccc(Cl)c(Oc3cc(Cl)cc(C#N)c3)c2F)o1.